The molecule has 1 heterocycles. The maximum Gasteiger partial charge on any atom is 0.322 e. The SMILES string of the molecule is CCN(C(=O)NC1CC(=O)N(C(C)(C)C)C1)c1cccc(C)c1. The van der Waals surface area contributed by atoms with E-state index in [1.807, 2.05) is 63.8 Å². The van der Waals surface area contributed by atoms with Gasteiger partial charge in [0.25, 0.3) is 0 Å². The Morgan fingerprint density at radius 3 is 2.61 bits per heavy atom. The van der Waals surface area contributed by atoms with E-state index in [2.05, 4.69) is 5.32 Å². The zero-order valence-electron chi connectivity index (χ0n) is 14.7. The Labute approximate surface area is 138 Å². The van der Waals surface area contributed by atoms with Gasteiger partial charge in [-0.15, -0.1) is 0 Å². The van der Waals surface area contributed by atoms with Crippen LogP contribution in [-0.4, -0.2) is 41.5 Å². The number of benzene rings is 1. The number of likely N-dealkylation sites (tertiary alicyclic amines) is 1. The van der Waals surface area contributed by atoms with E-state index in [4.69, 9.17) is 0 Å². The van der Waals surface area contributed by atoms with Crippen LogP contribution < -0.4 is 10.2 Å². The van der Waals surface area contributed by atoms with Crippen LogP contribution in [0.15, 0.2) is 24.3 Å². The van der Waals surface area contributed by atoms with Crippen molar-refractivity contribution < 1.29 is 9.59 Å². The van der Waals surface area contributed by atoms with Gasteiger partial charge >= 0.3 is 6.03 Å². The fourth-order valence-electron chi connectivity index (χ4n) is 2.94. The number of carbonyl (C=O) groups excluding carboxylic acids is 2. The number of aryl methyl sites for hydroxylation is 1. The maximum atomic E-state index is 12.6. The minimum Gasteiger partial charge on any atom is -0.336 e. The minimum absolute atomic E-state index is 0.0985. The molecular weight excluding hydrogens is 290 g/mol. The molecule has 5 nitrogen and oxygen atoms in total. The van der Waals surface area contributed by atoms with Gasteiger partial charge in [-0.25, -0.2) is 4.79 Å². The van der Waals surface area contributed by atoms with Gasteiger partial charge in [0, 0.05) is 30.7 Å². The van der Waals surface area contributed by atoms with E-state index in [1.54, 1.807) is 4.90 Å². The Kier molecular flexibility index (Phi) is 4.97. The fraction of sp³-hybridized carbons (Fsp3) is 0.556. The van der Waals surface area contributed by atoms with Crippen LogP contribution in [-0.2, 0) is 4.79 Å². The van der Waals surface area contributed by atoms with Crippen LogP contribution in [0.5, 0.6) is 0 Å². The third-order valence-corrected chi connectivity index (χ3v) is 4.14. The molecular formula is C18H27N3O2. The van der Waals surface area contributed by atoms with Crippen LogP contribution >= 0.6 is 0 Å². The summed E-state index contributed by atoms with van der Waals surface area (Å²) in [5.41, 5.74) is 1.78. The molecule has 1 N–H and O–H groups in total. The summed E-state index contributed by atoms with van der Waals surface area (Å²) in [4.78, 5) is 28.3. The first-order valence-electron chi connectivity index (χ1n) is 8.17. The second-order valence-electron chi connectivity index (χ2n) is 7.11. The highest BCUT2D eigenvalue weighted by atomic mass is 16.2. The Morgan fingerprint density at radius 2 is 2.09 bits per heavy atom. The molecule has 3 amide bonds. The van der Waals surface area contributed by atoms with Gasteiger partial charge in [-0.3, -0.25) is 9.69 Å². The maximum absolute atomic E-state index is 12.6. The Morgan fingerprint density at radius 1 is 1.39 bits per heavy atom. The van der Waals surface area contributed by atoms with Crippen LogP contribution in [0.25, 0.3) is 0 Å². The summed E-state index contributed by atoms with van der Waals surface area (Å²) >= 11 is 0. The molecule has 0 spiro atoms. The third-order valence-electron chi connectivity index (χ3n) is 4.14. The Hall–Kier alpha value is -2.04. The zero-order valence-corrected chi connectivity index (χ0v) is 14.7. The van der Waals surface area contributed by atoms with Crippen LogP contribution in [0, 0.1) is 6.92 Å². The van der Waals surface area contributed by atoms with E-state index in [0.717, 1.165) is 11.3 Å². The molecule has 1 saturated heterocycles. The van der Waals surface area contributed by atoms with Crippen molar-refractivity contribution in [1.29, 1.82) is 0 Å². The lowest BCUT2D eigenvalue weighted by Crippen LogP contribution is -2.48. The molecule has 1 unspecified atom stereocenters. The topological polar surface area (TPSA) is 52.7 Å². The highest BCUT2D eigenvalue weighted by molar-refractivity contribution is 5.93. The Balaban J connectivity index is 2.05. The van der Waals surface area contributed by atoms with Gasteiger partial charge in [0.05, 0.1) is 6.04 Å². The monoisotopic (exact) mass is 317 g/mol. The molecule has 5 heteroatoms. The molecule has 1 aliphatic rings. The van der Waals surface area contributed by atoms with E-state index in [1.165, 1.54) is 0 Å². The quantitative estimate of drug-likeness (QED) is 0.932. The summed E-state index contributed by atoms with van der Waals surface area (Å²) in [6.07, 6.45) is 0.369. The molecule has 0 aliphatic carbocycles. The van der Waals surface area contributed by atoms with Crippen molar-refractivity contribution in [1.82, 2.24) is 10.2 Å². The summed E-state index contributed by atoms with van der Waals surface area (Å²) in [5, 5.41) is 3.00. The van der Waals surface area contributed by atoms with Gasteiger partial charge in [0.15, 0.2) is 0 Å². The normalized spacial score (nSPS) is 18.2. The highest BCUT2D eigenvalue weighted by Gasteiger charge is 2.37. The van der Waals surface area contributed by atoms with Crippen molar-refractivity contribution in [2.24, 2.45) is 0 Å². The van der Waals surface area contributed by atoms with E-state index in [0.29, 0.717) is 19.5 Å². The number of urea groups is 1. The van der Waals surface area contributed by atoms with Gasteiger partial charge < -0.3 is 10.2 Å². The molecule has 0 radical (unpaired) electrons. The smallest absolute Gasteiger partial charge is 0.322 e. The molecule has 2 rings (SSSR count). The molecule has 23 heavy (non-hydrogen) atoms. The second-order valence-corrected chi connectivity index (χ2v) is 7.11. The predicted octanol–water partition coefficient (Wildman–Crippen LogP) is 2.93. The average molecular weight is 317 g/mol. The minimum atomic E-state index is -0.211. The summed E-state index contributed by atoms with van der Waals surface area (Å²) in [6, 6.07) is 7.59. The number of hydrogen-bond donors (Lipinski definition) is 1. The molecule has 1 aromatic carbocycles. The average Bonchev–Trinajstić information content (AvgIpc) is 2.80. The summed E-state index contributed by atoms with van der Waals surface area (Å²) in [6.45, 7) is 11.1. The van der Waals surface area contributed by atoms with Gasteiger partial charge in [-0.05, 0) is 52.3 Å². The van der Waals surface area contributed by atoms with Crippen molar-refractivity contribution in [2.75, 3.05) is 18.0 Å². The third kappa shape index (κ3) is 4.03. The summed E-state index contributed by atoms with van der Waals surface area (Å²) in [5.74, 6) is 0.0985. The zero-order chi connectivity index (χ0) is 17.2. The number of rotatable bonds is 3. The van der Waals surface area contributed by atoms with Crippen molar-refractivity contribution in [2.45, 2.75) is 52.6 Å². The largest absolute Gasteiger partial charge is 0.336 e. The molecule has 126 valence electrons. The van der Waals surface area contributed by atoms with Gasteiger partial charge in [0.1, 0.15) is 0 Å². The molecule has 1 aromatic rings. The van der Waals surface area contributed by atoms with Crippen molar-refractivity contribution in [3.8, 4) is 0 Å². The number of nitrogens with one attached hydrogen (secondary N) is 1. The molecule has 0 bridgehead atoms. The van der Waals surface area contributed by atoms with Crippen molar-refractivity contribution in [3.63, 3.8) is 0 Å². The lowest BCUT2D eigenvalue weighted by molar-refractivity contribution is -0.131. The fourth-order valence-corrected chi connectivity index (χ4v) is 2.94. The second kappa shape index (κ2) is 6.60. The lowest BCUT2D eigenvalue weighted by Gasteiger charge is -2.32. The number of anilines is 1. The number of hydrogen-bond acceptors (Lipinski definition) is 2. The molecule has 0 saturated carbocycles. The number of amides is 3. The van der Waals surface area contributed by atoms with E-state index in [-0.39, 0.29) is 23.5 Å². The lowest BCUT2D eigenvalue weighted by atomic mass is 10.1. The molecule has 1 fully saturated rings. The number of nitrogens with zero attached hydrogens (tertiary/aromatic N) is 2. The van der Waals surface area contributed by atoms with Gasteiger partial charge in [0.2, 0.25) is 5.91 Å². The highest BCUT2D eigenvalue weighted by Crippen LogP contribution is 2.22. The van der Waals surface area contributed by atoms with Crippen molar-refractivity contribution >= 4 is 17.6 Å². The molecule has 1 aliphatic heterocycles. The van der Waals surface area contributed by atoms with Gasteiger partial charge in [-0.1, -0.05) is 12.1 Å². The first kappa shape index (κ1) is 17.3. The van der Waals surface area contributed by atoms with E-state index < -0.39 is 0 Å². The van der Waals surface area contributed by atoms with E-state index in [9.17, 15) is 9.59 Å². The standard InChI is InChI=1S/C18H27N3O2/c1-6-20(15-9-7-8-13(2)10-15)17(23)19-14-11-16(22)21(12-14)18(3,4)5/h7-10,14H,6,11-12H2,1-5H3,(H,19,23). The number of carbonyl (C=O) groups is 2. The molecule has 1 atom stereocenters. The van der Waals surface area contributed by atoms with Crippen LogP contribution in [0.2, 0.25) is 0 Å². The molecule has 0 aromatic heterocycles. The Bertz CT molecular complexity index is 592. The van der Waals surface area contributed by atoms with Crippen LogP contribution in [0.4, 0.5) is 10.5 Å². The first-order chi connectivity index (χ1) is 10.7. The van der Waals surface area contributed by atoms with Crippen LogP contribution in [0.3, 0.4) is 0 Å². The first-order valence-corrected chi connectivity index (χ1v) is 8.17. The van der Waals surface area contributed by atoms with Crippen molar-refractivity contribution in [3.05, 3.63) is 29.8 Å². The summed E-state index contributed by atoms with van der Waals surface area (Å²) in [7, 11) is 0. The summed E-state index contributed by atoms with van der Waals surface area (Å²) < 4.78 is 0. The van der Waals surface area contributed by atoms with Gasteiger partial charge in [-0.2, -0.15) is 0 Å². The van der Waals surface area contributed by atoms with E-state index >= 15 is 0 Å². The predicted molar refractivity (Wildman–Crippen MR) is 92.6 cm³/mol. The van der Waals surface area contributed by atoms with Crippen LogP contribution in [0.1, 0.15) is 39.7 Å².